The third kappa shape index (κ3) is 2.91. The van der Waals surface area contributed by atoms with Crippen molar-refractivity contribution < 1.29 is 19.4 Å². The van der Waals surface area contributed by atoms with Gasteiger partial charge < -0.3 is 14.6 Å². The van der Waals surface area contributed by atoms with Crippen molar-refractivity contribution in [3.05, 3.63) is 48.0 Å². The second kappa shape index (κ2) is 6.10. The lowest BCUT2D eigenvalue weighted by molar-refractivity contribution is 0.0526. The van der Waals surface area contributed by atoms with Crippen LogP contribution in [-0.2, 0) is 4.74 Å². The number of rotatable bonds is 4. The quantitative estimate of drug-likeness (QED) is 0.868. The zero-order valence-corrected chi connectivity index (χ0v) is 11.4. The number of carbonyl (C=O) groups excluding carboxylic acids is 1. The molecule has 4 nitrogen and oxygen atoms in total. The van der Waals surface area contributed by atoms with E-state index in [4.69, 9.17) is 9.47 Å². The van der Waals surface area contributed by atoms with E-state index in [0.29, 0.717) is 17.9 Å². The normalized spacial score (nSPS) is 10.1. The summed E-state index contributed by atoms with van der Waals surface area (Å²) < 4.78 is 9.93. The Morgan fingerprint density at radius 2 is 1.75 bits per heavy atom. The van der Waals surface area contributed by atoms with Crippen molar-refractivity contribution in [1.82, 2.24) is 0 Å². The minimum absolute atomic E-state index is 0.0828. The maximum absolute atomic E-state index is 11.6. The molecule has 4 heteroatoms. The molecule has 1 N–H and O–H groups in total. The Morgan fingerprint density at radius 3 is 2.30 bits per heavy atom. The van der Waals surface area contributed by atoms with E-state index in [1.165, 1.54) is 7.11 Å². The molecule has 0 radical (unpaired) electrons. The number of hydrogen-bond donors (Lipinski definition) is 1. The molecule has 104 valence electrons. The smallest absolute Gasteiger partial charge is 0.338 e. The monoisotopic (exact) mass is 272 g/mol. The number of carbonyl (C=O) groups is 1. The molecule has 0 aliphatic rings. The van der Waals surface area contributed by atoms with E-state index >= 15 is 0 Å². The van der Waals surface area contributed by atoms with Crippen molar-refractivity contribution in [1.29, 1.82) is 0 Å². The molecule has 0 heterocycles. The Hall–Kier alpha value is -2.49. The first-order valence-corrected chi connectivity index (χ1v) is 6.30. The molecule has 0 spiro atoms. The van der Waals surface area contributed by atoms with Gasteiger partial charge in [0.15, 0.2) is 11.5 Å². The Kier molecular flexibility index (Phi) is 4.25. The van der Waals surface area contributed by atoms with Crippen LogP contribution >= 0.6 is 0 Å². The van der Waals surface area contributed by atoms with Gasteiger partial charge >= 0.3 is 5.97 Å². The van der Waals surface area contributed by atoms with Gasteiger partial charge in [-0.15, -0.1) is 0 Å². The summed E-state index contributed by atoms with van der Waals surface area (Å²) in [6.45, 7) is 2.12. The van der Waals surface area contributed by atoms with E-state index < -0.39 is 0 Å². The van der Waals surface area contributed by atoms with E-state index in [2.05, 4.69) is 0 Å². The first-order chi connectivity index (χ1) is 9.65. The highest BCUT2D eigenvalue weighted by Gasteiger charge is 2.08. The summed E-state index contributed by atoms with van der Waals surface area (Å²) in [4.78, 5) is 11.6. The Balaban J connectivity index is 2.26. The number of phenols is 1. The number of phenolic OH excluding ortho intramolecular Hbond substituents is 1. The van der Waals surface area contributed by atoms with Gasteiger partial charge in [0.2, 0.25) is 0 Å². The molecular weight excluding hydrogens is 256 g/mol. The van der Waals surface area contributed by atoms with Crippen LogP contribution in [0.4, 0.5) is 0 Å². The summed E-state index contributed by atoms with van der Waals surface area (Å²) >= 11 is 0. The fraction of sp³-hybridized carbons (Fsp3) is 0.188. The Labute approximate surface area is 117 Å². The van der Waals surface area contributed by atoms with Crippen LogP contribution in [-0.4, -0.2) is 24.8 Å². The fourth-order valence-corrected chi connectivity index (χ4v) is 1.88. The summed E-state index contributed by atoms with van der Waals surface area (Å²) in [6, 6.07) is 12.2. The van der Waals surface area contributed by atoms with E-state index in [0.717, 1.165) is 11.1 Å². The maximum atomic E-state index is 11.6. The third-order valence-electron chi connectivity index (χ3n) is 2.91. The summed E-state index contributed by atoms with van der Waals surface area (Å²) in [7, 11) is 1.50. The summed E-state index contributed by atoms with van der Waals surface area (Å²) in [5.41, 5.74) is 2.25. The summed E-state index contributed by atoms with van der Waals surface area (Å²) in [5, 5.41) is 9.77. The van der Waals surface area contributed by atoms with E-state index in [-0.39, 0.29) is 11.7 Å². The van der Waals surface area contributed by atoms with Crippen molar-refractivity contribution in [3.63, 3.8) is 0 Å². The van der Waals surface area contributed by atoms with Crippen LogP contribution in [0.3, 0.4) is 0 Å². The molecular formula is C16H16O4. The third-order valence-corrected chi connectivity index (χ3v) is 2.91. The van der Waals surface area contributed by atoms with Gasteiger partial charge in [-0.25, -0.2) is 4.79 Å². The first kappa shape index (κ1) is 13.9. The molecule has 2 rings (SSSR count). The lowest BCUT2D eigenvalue weighted by Crippen LogP contribution is -2.03. The fourth-order valence-electron chi connectivity index (χ4n) is 1.88. The van der Waals surface area contributed by atoms with Crippen LogP contribution in [0.25, 0.3) is 11.1 Å². The largest absolute Gasteiger partial charge is 0.504 e. The van der Waals surface area contributed by atoms with Crippen LogP contribution in [0.15, 0.2) is 42.5 Å². The Morgan fingerprint density at radius 1 is 1.10 bits per heavy atom. The minimum atomic E-state index is -0.336. The van der Waals surface area contributed by atoms with Crippen molar-refractivity contribution in [3.8, 4) is 22.6 Å². The van der Waals surface area contributed by atoms with Crippen molar-refractivity contribution >= 4 is 5.97 Å². The first-order valence-electron chi connectivity index (χ1n) is 6.30. The molecule has 20 heavy (non-hydrogen) atoms. The van der Waals surface area contributed by atoms with Crippen molar-refractivity contribution in [2.24, 2.45) is 0 Å². The van der Waals surface area contributed by atoms with Crippen LogP contribution in [0.2, 0.25) is 0 Å². The second-order valence-corrected chi connectivity index (χ2v) is 4.18. The van der Waals surface area contributed by atoms with Gasteiger partial charge in [-0.1, -0.05) is 18.2 Å². The average molecular weight is 272 g/mol. The lowest BCUT2D eigenvalue weighted by Gasteiger charge is -2.07. The number of esters is 1. The average Bonchev–Trinajstić information content (AvgIpc) is 2.47. The lowest BCUT2D eigenvalue weighted by atomic mass is 10.0. The molecule has 0 unspecified atom stereocenters. The van der Waals surface area contributed by atoms with Crippen LogP contribution in [0, 0.1) is 0 Å². The molecule has 0 aliphatic heterocycles. The second-order valence-electron chi connectivity index (χ2n) is 4.18. The number of ether oxygens (including phenoxy) is 2. The van der Waals surface area contributed by atoms with Gasteiger partial charge in [-0.05, 0) is 42.3 Å². The van der Waals surface area contributed by atoms with E-state index in [9.17, 15) is 9.90 Å². The highest BCUT2D eigenvalue weighted by atomic mass is 16.5. The van der Waals surface area contributed by atoms with E-state index in [1.807, 2.05) is 18.2 Å². The van der Waals surface area contributed by atoms with Crippen LogP contribution < -0.4 is 4.74 Å². The zero-order valence-electron chi connectivity index (χ0n) is 11.4. The van der Waals surface area contributed by atoms with E-state index in [1.54, 1.807) is 31.2 Å². The molecule has 0 fully saturated rings. The molecule has 0 bridgehead atoms. The molecule has 2 aromatic rings. The van der Waals surface area contributed by atoms with Crippen LogP contribution in [0.1, 0.15) is 17.3 Å². The van der Waals surface area contributed by atoms with Crippen molar-refractivity contribution in [2.75, 3.05) is 13.7 Å². The highest BCUT2D eigenvalue weighted by molar-refractivity contribution is 5.90. The topological polar surface area (TPSA) is 55.8 Å². The zero-order chi connectivity index (χ0) is 14.5. The van der Waals surface area contributed by atoms with Gasteiger partial charge in [0.25, 0.3) is 0 Å². The number of methoxy groups -OCH3 is 1. The standard InChI is InChI=1S/C16H16O4/c1-3-20-16(18)12-6-4-11(5-7-12)13-8-9-15(19-2)14(17)10-13/h4-10,17H,3H2,1-2H3. The predicted molar refractivity (Wildman–Crippen MR) is 76.1 cm³/mol. The van der Waals surface area contributed by atoms with Gasteiger partial charge in [-0.3, -0.25) is 0 Å². The van der Waals surface area contributed by atoms with Crippen LogP contribution in [0.5, 0.6) is 11.5 Å². The molecule has 0 atom stereocenters. The van der Waals surface area contributed by atoms with Crippen molar-refractivity contribution in [2.45, 2.75) is 6.92 Å². The number of benzene rings is 2. The molecule has 0 saturated heterocycles. The number of hydrogen-bond acceptors (Lipinski definition) is 4. The van der Waals surface area contributed by atoms with Gasteiger partial charge in [0, 0.05) is 0 Å². The summed E-state index contributed by atoms with van der Waals surface area (Å²) in [5.74, 6) is 0.174. The van der Waals surface area contributed by atoms with Gasteiger partial charge in [0.1, 0.15) is 0 Å². The SMILES string of the molecule is CCOC(=O)c1ccc(-c2ccc(OC)c(O)c2)cc1. The molecule has 2 aromatic carbocycles. The summed E-state index contributed by atoms with van der Waals surface area (Å²) in [6.07, 6.45) is 0. The minimum Gasteiger partial charge on any atom is -0.504 e. The number of aromatic hydroxyl groups is 1. The molecule has 0 saturated carbocycles. The van der Waals surface area contributed by atoms with Gasteiger partial charge in [-0.2, -0.15) is 0 Å². The molecule has 0 aliphatic carbocycles. The Bertz CT molecular complexity index is 602. The predicted octanol–water partition coefficient (Wildman–Crippen LogP) is 3.24. The molecule has 0 amide bonds. The van der Waals surface area contributed by atoms with Gasteiger partial charge in [0.05, 0.1) is 19.3 Å². The highest BCUT2D eigenvalue weighted by Crippen LogP contribution is 2.31. The maximum Gasteiger partial charge on any atom is 0.338 e. The molecule has 0 aromatic heterocycles.